The first kappa shape index (κ1) is 14.4. The van der Waals surface area contributed by atoms with E-state index >= 15 is 0 Å². The average Bonchev–Trinajstić information content (AvgIpc) is 2.97. The summed E-state index contributed by atoms with van der Waals surface area (Å²) >= 11 is -0.445. The van der Waals surface area contributed by atoms with Gasteiger partial charge in [0.15, 0.2) is 0 Å². The summed E-state index contributed by atoms with van der Waals surface area (Å²) in [5.41, 5.74) is 10.7. The Balaban J connectivity index is 1.59. The molecule has 4 aliphatic rings. The summed E-state index contributed by atoms with van der Waals surface area (Å²) in [6.45, 7) is 4.85. The van der Waals surface area contributed by atoms with E-state index in [4.69, 9.17) is 0 Å². The zero-order chi connectivity index (χ0) is 14.4. The Morgan fingerprint density at radius 2 is 1.14 bits per heavy atom. The van der Waals surface area contributed by atoms with E-state index in [1.54, 1.807) is 22.3 Å². The van der Waals surface area contributed by atoms with Crippen molar-refractivity contribution in [2.75, 3.05) is 0 Å². The fraction of sp³-hybridized carbons (Fsp3) is 0.600. The summed E-state index contributed by atoms with van der Waals surface area (Å²) in [6.07, 6.45) is 16.5. The van der Waals surface area contributed by atoms with Gasteiger partial charge in [-0.25, -0.2) is 0 Å². The van der Waals surface area contributed by atoms with Crippen molar-refractivity contribution in [1.29, 1.82) is 0 Å². The van der Waals surface area contributed by atoms with Gasteiger partial charge in [-0.15, -0.1) is 0 Å². The zero-order valence-corrected chi connectivity index (χ0v) is 15.9. The van der Waals surface area contributed by atoms with Crippen molar-refractivity contribution < 1.29 is 23.2 Å². The molecular weight excluding hydrogens is 331 g/mol. The van der Waals surface area contributed by atoms with Gasteiger partial charge in [0.25, 0.3) is 0 Å². The molecule has 4 aliphatic carbocycles. The summed E-state index contributed by atoms with van der Waals surface area (Å²) in [5.74, 6) is 0. The normalized spacial score (nSPS) is 31.9. The molecule has 1 heteroatoms. The minimum absolute atomic E-state index is 0.445. The van der Waals surface area contributed by atoms with Gasteiger partial charge >= 0.3 is 141 Å². The van der Waals surface area contributed by atoms with Gasteiger partial charge in [0.2, 0.25) is 0 Å². The Kier molecular flexibility index (Phi) is 3.99. The topological polar surface area (TPSA) is 0 Å². The van der Waals surface area contributed by atoms with E-state index < -0.39 is 23.2 Å². The van der Waals surface area contributed by atoms with Gasteiger partial charge in [0.1, 0.15) is 0 Å². The second-order valence-electron chi connectivity index (χ2n) is 7.32. The van der Waals surface area contributed by atoms with Crippen molar-refractivity contribution in [3.63, 3.8) is 0 Å². The molecule has 0 nitrogen and oxygen atoms in total. The van der Waals surface area contributed by atoms with Crippen LogP contribution in [0.4, 0.5) is 0 Å². The van der Waals surface area contributed by atoms with Crippen molar-refractivity contribution in [1.82, 2.24) is 0 Å². The fourth-order valence-corrected chi connectivity index (χ4v) is 9.92. The van der Waals surface area contributed by atoms with E-state index in [0.29, 0.717) is 0 Å². The Bertz CT molecular complexity index is 533. The molecule has 0 amide bonds. The van der Waals surface area contributed by atoms with E-state index in [9.17, 15) is 0 Å². The van der Waals surface area contributed by atoms with E-state index in [-0.39, 0.29) is 0 Å². The maximum absolute atomic E-state index is 2.57. The molecule has 0 N–H and O–H groups in total. The number of hydrogen-bond acceptors (Lipinski definition) is 0. The van der Waals surface area contributed by atoms with Crippen molar-refractivity contribution >= 4 is 0 Å². The molecular formula is C20H26Zr. The predicted octanol–water partition coefficient (Wildman–Crippen LogP) is 6.31. The molecule has 0 saturated heterocycles. The van der Waals surface area contributed by atoms with E-state index in [0.717, 1.165) is 7.25 Å². The van der Waals surface area contributed by atoms with Gasteiger partial charge in [0, 0.05) is 0 Å². The molecule has 0 spiro atoms. The van der Waals surface area contributed by atoms with Crippen LogP contribution < -0.4 is 0 Å². The van der Waals surface area contributed by atoms with Crippen LogP contribution in [-0.4, -0.2) is 0 Å². The van der Waals surface area contributed by atoms with Crippen LogP contribution in [0.25, 0.3) is 0 Å². The molecule has 0 aromatic heterocycles. The van der Waals surface area contributed by atoms with Crippen LogP contribution in [0.3, 0.4) is 0 Å². The molecule has 0 aromatic rings. The first-order chi connectivity index (χ1) is 10.2. The molecule has 0 radical (unpaired) electrons. The van der Waals surface area contributed by atoms with Crippen LogP contribution in [0.15, 0.2) is 45.6 Å². The minimum atomic E-state index is -0.445. The molecule has 21 heavy (non-hydrogen) atoms. The van der Waals surface area contributed by atoms with Gasteiger partial charge in [-0.2, -0.15) is 0 Å². The summed E-state index contributed by atoms with van der Waals surface area (Å²) in [7, 11) is 0. The van der Waals surface area contributed by atoms with Crippen LogP contribution in [0.5, 0.6) is 0 Å². The van der Waals surface area contributed by atoms with Crippen molar-refractivity contribution in [3.8, 4) is 0 Å². The Morgan fingerprint density at radius 1 is 0.714 bits per heavy atom. The third-order valence-electron chi connectivity index (χ3n) is 5.85. The summed E-state index contributed by atoms with van der Waals surface area (Å²) < 4.78 is 1.87. The molecule has 2 atom stereocenters. The second kappa shape index (κ2) is 5.80. The van der Waals surface area contributed by atoms with Gasteiger partial charge in [-0.05, 0) is 0 Å². The fourth-order valence-electron chi connectivity index (χ4n) is 4.79. The molecule has 4 rings (SSSR count). The van der Waals surface area contributed by atoms with Crippen LogP contribution in [-0.2, 0) is 23.2 Å². The first-order valence-electron chi connectivity index (χ1n) is 8.80. The molecule has 2 unspecified atom stereocenters. The van der Waals surface area contributed by atoms with E-state index in [1.165, 1.54) is 51.4 Å². The van der Waals surface area contributed by atoms with Gasteiger partial charge < -0.3 is 0 Å². The van der Waals surface area contributed by atoms with Crippen molar-refractivity contribution in [3.05, 3.63) is 45.6 Å². The first-order valence-corrected chi connectivity index (χ1v) is 11.6. The monoisotopic (exact) mass is 356 g/mol. The molecule has 110 valence electrons. The molecule has 0 aliphatic heterocycles. The quantitative estimate of drug-likeness (QED) is 0.543. The Labute approximate surface area is 141 Å². The van der Waals surface area contributed by atoms with Crippen LogP contribution in [0.1, 0.15) is 65.2 Å². The summed E-state index contributed by atoms with van der Waals surface area (Å²) in [6, 6.07) is 0. The summed E-state index contributed by atoms with van der Waals surface area (Å²) in [5, 5.41) is 0. The van der Waals surface area contributed by atoms with Crippen LogP contribution >= 0.6 is 0 Å². The standard InChI is InChI=1S/2C10H13.Zr/c2*1-8-6-9-4-2-3-5-10(9)7-8;/h2*6-7H,2-5H2,1H3;. The third-order valence-corrected chi connectivity index (χ3v) is 11.4. The molecule has 0 bridgehead atoms. The van der Waals surface area contributed by atoms with Gasteiger partial charge in [-0.1, -0.05) is 0 Å². The molecule has 0 heterocycles. The maximum atomic E-state index is 2.57. The average molecular weight is 358 g/mol. The number of hydrogen-bond donors (Lipinski definition) is 0. The predicted molar refractivity (Wildman–Crippen MR) is 86.0 cm³/mol. The van der Waals surface area contributed by atoms with Gasteiger partial charge in [0.05, 0.1) is 0 Å². The Morgan fingerprint density at radius 3 is 1.62 bits per heavy atom. The Hall–Kier alpha value is -0.157. The molecule has 0 saturated carbocycles. The second-order valence-corrected chi connectivity index (χ2v) is 11.0. The SMILES string of the molecule is CC1=CC2=C(CCCC2)[CH]1[Zr][CH]1C(C)=CC2=C1CCCC2. The van der Waals surface area contributed by atoms with Crippen molar-refractivity contribution in [2.45, 2.75) is 72.5 Å². The zero-order valence-electron chi connectivity index (χ0n) is 13.5. The van der Waals surface area contributed by atoms with E-state index in [1.807, 2.05) is 11.1 Å². The van der Waals surface area contributed by atoms with Gasteiger partial charge in [-0.3, -0.25) is 0 Å². The van der Waals surface area contributed by atoms with Crippen LogP contribution in [0, 0.1) is 0 Å². The van der Waals surface area contributed by atoms with Crippen LogP contribution in [0.2, 0.25) is 7.25 Å². The third kappa shape index (κ3) is 2.54. The summed E-state index contributed by atoms with van der Waals surface area (Å²) in [4.78, 5) is 0. The number of rotatable bonds is 2. The number of allylic oxidation sites excluding steroid dienone is 8. The van der Waals surface area contributed by atoms with E-state index in [2.05, 4.69) is 26.0 Å². The molecule has 0 aromatic carbocycles. The van der Waals surface area contributed by atoms with Crippen molar-refractivity contribution in [2.24, 2.45) is 0 Å². The molecule has 0 fully saturated rings.